The van der Waals surface area contributed by atoms with Crippen LogP contribution in [0.15, 0.2) is 36.4 Å². The Morgan fingerprint density at radius 1 is 0.920 bits per heavy atom. The van der Waals surface area contributed by atoms with Gasteiger partial charge in [-0.2, -0.15) is 0 Å². The van der Waals surface area contributed by atoms with Gasteiger partial charge < -0.3 is 9.47 Å². The minimum absolute atomic E-state index is 0.323. The summed E-state index contributed by atoms with van der Waals surface area (Å²) >= 11 is 0. The normalized spacial score (nSPS) is 16.4. The van der Waals surface area contributed by atoms with Gasteiger partial charge in [0.2, 0.25) is 0 Å². The van der Waals surface area contributed by atoms with Crippen molar-refractivity contribution < 1.29 is 9.47 Å². The lowest BCUT2D eigenvalue weighted by Gasteiger charge is -2.04. The van der Waals surface area contributed by atoms with Crippen molar-refractivity contribution in [1.29, 1.82) is 0 Å². The highest BCUT2D eigenvalue weighted by atomic mass is 16.6. The van der Waals surface area contributed by atoms with Crippen LogP contribution in [0.2, 0.25) is 0 Å². The van der Waals surface area contributed by atoms with Crippen molar-refractivity contribution in [3.8, 4) is 5.75 Å². The molecule has 2 rings (SSSR count). The van der Waals surface area contributed by atoms with Gasteiger partial charge in [0.1, 0.15) is 18.5 Å². The van der Waals surface area contributed by atoms with Gasteiger partial charge in [0.15, 0.2) is 0 Å². The largest absolute Gasteiger partial charge is 0.491 e. The van der Waals surface area contributed by atoms with Crippen LogP contribution in [0.1, 0.15) is 76.7 Å². The predicted octanol–water partition coefficient (Wildman–Crippen LogP) is 6.48. The Balaban J connectivity index is 1.43. The predicted molar refractivity (Wildman–Crippen MR) is 106 cm³/mol. The molecule has 0 bridgehead atoms. The van der Waals surface area contributed by atoms with Gasteiger partial charge >= 0.3 is 0 Å². The molecule has 0 aromatic heterocycles. The molecular formula is C23H36O2. The average Bonchev–Trinajstić information content (AvgIpc) is 3.46. The fraction of sp³-hybridized carbons (Fsp3) is 0.652. The van der Waals surface area contributed by atoms with E-state index in [0.717, 1.165) is 18.8 Å². The third kappa shape index (κ3) is 10.3. The minimum Gasteiger partial charge on any atom is -0.491 e. The van der Waals surface area contributed by atoms with Crippen LogP contribution in [0.5, 0.6) is 5.75 Å². The lowest BCUT2D eigenvalue weighted by Crippen LogP contribution is -2.03. The maximum absolute atomic E-state index is 5.66. The SMILES string of the molecule is CCCCCCCCCCC/C=C/Cc1ccc(OCC2CO2)cc1. The fourth-order valence-corrected chi connectivity index (χ4v) is 2.99. The van der Waals surface area contributed by atoms with Gasteiger partial charge in [-0.05, 0) is 37.0 Å². The van der Waals surface area contributed by atoms with E-state index in [4.69, 9.17) is 9.47 Å². The first-order valence-electron chi connectivity index (χ1n) is 10.4. The molecule has 0 spiro atoms. The molecule has 1 unspecified atom stereocenters. The van der Waals surface area contributed by atoms with Gasteiger partial charge in [-0.3, -0.25) is 0 Å². The van der Waals surface area contributed by atoms with Crippen LogP contribution in [-0.4, -0.2) is 19.3 Å². The van der Waals surface area contributed by atoms with Gasteiger partial charge in [0.05, 0.1) is 6.61 Å². The Morgan fingerprint density at radius 2 is 1.56 bits per heavy atom. The highest BCUT2D eigenvalue weighted by Crippen LogP contribution is 2.16. The quantitative estimate of drug-likeness (QED) is 0.206. The number of ether oxygens (including phenoxy) is 2. The highest BCUT2D eigenvalue weighted by Gasteiger charge is 2.22. The molecule has 0 aliphatic carbocycles. The third-order valence-electron chi connectivity index (χ3n) is 4.76. The summed E-state index contributed by atoms with van der Waals surface area (Å²) in [6.45, 7) is 3.81. The minimum atomic E-state index is 0.323. The lowest BCUT2D eigenvalue weighted by atomic mass is 10.1. The van der Waals surface area contributed by atoms with E-state index in [1.807, 2.05) is 0 Å². The van der Waals surface area contributed by atoms with Crippen molar-refractivity contribution in [2.45, 2.75) is 83.7 Å². The summed E-state index contributed by atoms with van der Waals surface area (Å²) in [5.74, 6) is 0.943. The topological polar surface area (TPSA) is 21.8 Å². The van der Waals surface area contributed by atoms with Crippen LogP contribution in [-0.2, 0) is 11.2 Å². The van der Waals surface area contributed by atoms with Gasteiger partial charge in [-0.15, -0.1) is 0 Å². The Labute approximate surface area is 154 Å². The van der Waals surface area contributed by atoms with Crippen LogP contribution < -0.4 is 4.74 Å². The molecule has 25 heavy (non-hydrogen) atoms. The van der Waals surface area contributed by atoms with E-state index >= 15 is 0 Å². The van der Waals surface area contributed by atoms with Crippen molar-refractivity contribution in [3.63, 3.8) is 0 Å². The summed E-state index contributed by atoms with van der Waals surface area (Å²) in [4.78, 5) is 0. The second-order valence-electron chi connectivity index (χ2n) is 7.20. The van der Waals surface area contributed by atoms with Crippen molar-refractivity contribution in [2.24, 2.45) is 0 Å². The highest BCUT2D eigenvalue weighted by molar-refractivity contribution is 5.28. The summed E-state index contributed by atoms with van der Waals surface area (Å²) in [5, 5.41) is 0. The number of benzene rings is 1. The third-order valence-corrected chi connectivity index (χ3v) is 4.76. The van der Waals surface area contributed by atoms with E-state index in [1.165, 1.54) is 69.8 Å². The first-order chi connectivity index (χ1) is 12.4. The second kappa shape index (κ2) is 13.0. The van der Waals surface area contributed by atoms with E-state index < -0.39 is 0 Å². The van der Waals surface area contributed by atoms with Crippen molar-refractivity contribution in [3.05, 3.63) is 42.0 Å². The van der Waals surface area contributed by atoms with E-state index in [9.17, 15) is 0 Å². The number of hydrogen-bond donors (Lipinski definition) is 0. The number of hydrogen-bond acceptors (Lipinski definition) is 2. The number of rotatable bonds is 15. The van der Waals surface area contributed by atoms with Gasteiger partial charge in [-0.25, -0.2) is 0 Å². The van der Waals surface area contributed by atoms with Crippen molar-refractivity contribution in [1.82, 2.24) is 0 Å². The zero-order valence-corrected chi connectivity index (χ0v) is 16.1. The Bertz CT molecular complexity index is 459. The van der Waals surface area contributed by atoms with Crippen molar-refractivity contribution in [2.75, 3.05) is 13.2 Å². The molecule has 2 nitrogen and oxygen atoms in total. The van der Waals surface area contributed by atoms with E-state index in [1.54, 1.807) is 0 Å². The van der Waals surface area contributed by atoms with Crippen LogP contribution in [0.3, 0.4) is 0 Å². The monoisotopic (exact) mass is 344 g/mol. The van der Waals surface area contributed by atoms with Crippen LogP contribution in [0.4, 0.5) is 0 Å². The molecule has 0 N–H and O–H groups in total. The molecule has 1 aliphatic rings. The summed E-state index contributed by atoms with van der Waals surface area (Å²) in [6.07, 6.45) is 19.8. The number of epoxide rings is 1. The molecule has 2 heteroatoms. The molecule has 0 amide bonds. The summed E-state index contributed by atoms with van der Waals surface area (Å²) in [5.41, 5.74) is 1.35. The molecule has 140 valence electrons. The maximum atomic E-state index is 5.66. The van der Waals surface area contributed by atoms with Gasteiger partial charge in [-0.1, -0.05) is 82.6 Å². The summed E-state index contributed by atoms with van der Waals surface area (Å²) in [6, 6.07) is 8.44. The average molecular weight is 345 g/mol. The van der Waals surface area contributed by atoms with Gasteiger partial charge in [0.25, 0.3) is 0 Å². The molecule has 1 aromatic carbocycles. The Kier molecular flexibility index (Phi) is 10.4. The second-order valence-corrected chi connectivity index (χ2v) is 7.20. The van der Waals surface area contributed by atoms with Crippen LogP contribution in [0.25, 0.3) is 0 Å². The fourth-order valence-electron chi connectivity index (χ4n) is 2.99. The molecule has 1 aromatic rings. The van der Waals surface area contributed by atoms with Crippen LogP contribution >= 0.6 is 0 Å². The maximum Gasteiger partial charge on any atom is 0.119 e. The summed E-state index contributed by atoms with van der Waals surface area (Å²) in [7, 11) is 0. The molecule has 1 saturated heterocycles. The van der Waals surface area contributed by atoms with Crippen LogP contribution in [0, 0.1) is 0 Å². The lowest BCUT2D eigenvalue weighted by molar-refractivity contribution is 0.263. The number of unbranched alkanes of at least 4 members (excludes halogenated alkanes) is 9. The zero-order chi connectivity index (χ0) is 17.6. The molecular weight excluding hydrogens is 308 g/mol. The smallest absolute Gasteiger partial charge is 0.119 e. The van der Waals surface area contributed by atoms with E-state index in [2.05, 4.69) is 43.3 Å². The molecule has 0 saturated carbocycles. The molecule has 1 atom stereocenters. The Hall–Kier alpha value is -1.28. The van der Waals surface area contributed by atoms with Crippen molar-refractivity contribution >= 4 is 0 Å². The van der Waals surface area contributed by atoms with E-state index in [0.29, 0.717) is 12.7 Å². The number of allylic oxidation sites excluding steroid dienone is 2. The molecule has 1 heterocycles. The first kappa shape index (κ1) is 20.0. The first-order valence-corrected chi connectivity index (χ1v) is 10.4. The Morgan fingerprint density at radius 3 is 2.20 bits per heavy atom. The molecule has 1 aliphatic heterocycles. The summed E-state index contributed by atoms with van der Waals surface area (Å²) < 4.78 is 10.8. The van der Waals surface area contributed by atoms with Gasteiger partial charge in [0, 0.05) is 0 Å². The molecule has 1 fully saturated rings. The standard InChI is InChI=1S/C23H36O2/c1-2-3-4-5-6-7-8-9-10-11-12-13-14-21-15-17-22(18-16-21)24-19-23-20-25-23/h12-13,15-18,23H,2-11,14,19-20H2,1H3/b13-12+. The van der Waals surface area contributed by atoms with E-state index in [-0.39, 0.29) is 0 Å². The zero-order valence-electron chi connectivity index (χ0n) is 16.1. The molecule has 0 radical (unpaired) electrons.